The molecule has 2 aromatic carbocycles. The summed E-state index contributed by atoms with van der Waals surface area (Å²) < 4.78 is 5.30. The van der Waals surface area contributed by atoms with Crippen LogP contribution in [-0.2, 0) is 25.5 Å². The van der Waals surface area contributed by atoms with E-state index in [0.29, 0.717) is 11.1 Å². The van der Waals surface area contributed by atoms with Gasteiger partial charge in [0.05, 0.1) is 12.0 Å². The lowest BCUT2D eigenvalue weighted by molar-refractivity contribution is -0.145. The quantitative estimate of drug-likeness (QED) is 0.475. The molecule has 0 bridgehead atoms. The third kappa shape index (κ3) is 4.93. The van der Waals surface area contributed by atoms with E-state index in [1.165, 1.54) is 11.1 Å². The lowest BCUT2D eigenvalue weighted by Gasteiger charge is -2.48. The number of nitrogens with one attached hydrogen (secondary N) is 1. The standard InChI is InChI=1S/C24H22N2O6S/c1-14-7-9-16(10-8-14)24(31)32-13-17-12-26-21(28)19(22(26)33-20(17)23(29)30)25-18(27)11-15-5-3-2-4-6-15/h2-10,12,19-20,22H,11,13H2,1H3,(H,25,27)(H,29,30)/t19?,20?,22-/m1/s1. The van der Waals surface area contributed by atoms with Gasteiger partial charge < -0.3 is 20.1 Å². The minimum Gasteiger partial charge on any atom is -0.480 e. The van der Waals surface area contributed by atoms with Crippen molar-refractivity contribution >= 4 is 35.5 Å². The van der Waals surface area contributed by atoms with Crippen molar-refractivity contribution in [2.75, 3.05) is 6.61 Å². The van der Waals surface area contributed by atoms with Crippen molar-refractivity contribution in [1.82, 2.24) is 10.2 Å². The number of aryl methyl sites for hydroxylation is 1. The smallest absolute Gasteiger partial charge is 0.338 e. The summed E-state index contributed by atoms with van der Waals surface area (Å²) in [6.45, 7) is 1.65. The molecule has 0 spiro atoms. The highest BCUT2D eigenvalue weighted by molar-refractivity contribution is 8.01. The summed E-state index contributed by atoms with van der Waals surface area (Å²) in [5, 5.41) is 10.9. The first-order chi connectivity index (χ1) is 15.8. The lowest BCUT2D eigenvalue weighted by atomic mass is 10.0. The van der Waals surface area contributed by atoms with E-state index in [0.717, 1.165) is 22.9 Å². The number of carbonyl (C=O) groups excluding carboxylic acids is 3. The molecule has 2 amide bonds. The number of amides is 2. The van der Waals surface area contributed by atoms with Crippen molar-refractivity contribution in [3.63, 3.8) is 0 Å². The summed E-state index contributed by atoms with van der Waals surface area (Å²) in [6, 6.07) is 15.2. The monoisotopic (exact) mass is 466 g/mol. The second kappa shape index (κ2) is 9.50. The molecule has 33 heavy (non-hydrogen) atoms. The van der Waals surface area contributed by atoms with E-state index in [1.807, 2.05) is 37.3 Å². The van der Waals surface area contributed by atoms with Crippen molar-refractivity contribution in [3.8, 4) is 0 Å². The zero-order valence-corrected chi connectivity index (χ0v) is 18.6. The van der Waals surface area contributed by atoms with E-state index in [-0.39, 0.29) is 24.8 Å². The van der Waals surface area contributed by atoms with Crippen LogP contribution in [0.25, 0.3) is 0 Å². The van der Waals surface area contributed by atoms with E-state index < -0.39 is 28.6 Å². The van der Waals surface area contributed by atoms with Crippen LogP contribution in [0.4, 0.5) is 0 Å². The fraction of sp³-hybridized carbons (Fsp3) is 0.250. The Balaban J connectivity index is 1.40. The Kier molecular flexibility index (Phi) is 6.50. The number of esters is 1. The van der Waals surface area contributed by atoms with Gasteiger partial charge in [-0.15, -0.1) is 11.8 Å². The van der Waals surface area contributed by atoms with Gasteiger partial charge >= 0.3 is 11.9 Å². The van der Waals surface area contributed by atoms with Crippen LogP contribution in [0.15, 0.2) is 66.4 Å². The van der Waals surface area contributed by atoms with E-state index >= 15 is 0 Å². The first-order valence-electron chi connectivity index (χ1n) is 10.3. The number of benzene rings is 2. The third-order valence-electron chi connectivity index (χ3n) is 5.40. The number of carbonyl (C=O) groups is 4. The Morgan fingerprint density at radius 2 is 1.79 bits per heavy atom. The topological polar surface area (TPSA) is 113 Å². The van der Waals surface area contributed by atoms with Crippen LogP contribution in [0.1, 0.15) is 21.5 Å². The minimum absolute atomic E-state index is 0.125. The Hall–Kier alpha value is -3.59. The van der Waals surface area contributed by atoms with Crippen molar-refractivity contribution in [3.05, 3.63) is 83.1 Å². The van der Waals surface area contributed by atoms with Crippen molar-refractivity contribution in [1.29, 1.82) is 0 Å². The van der Waals surface area contributed by atoms with Gasteiger partial charge in [-0.3, -0.25) is 14.4 Å². The molecule has 1 saturated heterocycles. The summed E-state index contributed by atoms with van der Waals surface area (Å²) in [6.07, 6.45) is 1.55. The molecule has 3 atom stereocenters. The van der Waals surface area contributed by atoms with Crippen LogP contribution >= 0.6 is 11.8 Å². The number of aliphatic carboxylic acids is 1. The summed E-state index contributed by atoms with van der Waals surface area (Å²) in [4.78, 5) is 50.5. The second-order valence-corrected chi connectivity index (χ2v) is 9.07. The first-order valence-corrected chi connectivity index (χ1v) is 11.3. The number of ether oxygens (including phenoxy) is 1. The number of nitrogens with zero attached hydrogens (tertiary/aromatic N) is 1. The highest BCUT2D eigenvalue weighted by Gasteiger charge is 2.52. The number of thioether (sulfide) groups is 1. The van der Waals surface area contributed by atoms with E-state index in [1.54, 1.807) is 24.3 Å². The SMILES string of the molecule is Cc1ccc(C(=O)OCC2=CN3C(=O)C(NC(=O)Cc4ccccc4)[C@H]3SC2C(=O)O)cc1. The van der Waals surface area contributed by atoms with Gasteiger partial charge in [0.25, 0.3) is 5.91 Å². The Morgan fingerprint density at radius 3 is 2.45 bits per heavy atom. The van der Waals surface area contributed by atoms with Gasteiger partial charge in [-0.05, 0) is 24.6 Å². The molecule has 9 heteroatoms. The third-order valence-corrected chi connectivity index (χ3v) is 6.96. The van der Waals surface area contributed by atoms with Gasteiger partial charge in [0.15, 0.2) is 0 Å². The predicted octanol–water partition coefficient (Wildman–Crippen LogP) is 2.13. The molecule has 2 heterocycles. The normalized spacial score (nSPS) is 21.4. The summed E-state index contributed by atoms with van der Waals surface area (Å²) in [7, 11) is 0. The molecule has 2 aliphatic rings. The molecular formula is C24H22N2O6S. The molecule has 2 unspecified atom stereocenters. The van der Waals surface area contributed by atoms with Crippen LogP contribution in [0.2, 0.25) is 0 Å². The van der Waals surface area contributed by atoms with E-state index in [2.05, 4.69) is 5.32 Å². The van der Waals surface area contributed by atoms with Gasteiger partial charge in [-0.25, -0.2) is 4.79 Å². The molecule has 2 N–H and O–H groups in total. The van der Waals surface area contributed by atoms with E-state index in [4.69, 9.17) is 4.74 Å². The van der Waals surface area contributed by atoms with Crippen LogP contribution < -0.4 is 5.32 Å². The van der Waals surface area contributed by atoms with Crippen molar-refractivity contribution < 1.29 is 29.0 Å². The van der Waals surface area contributed by atoms with Crippen LogP contribution in [0.5, 0.6) is 0 Å². The number of carboxylic acid groups (broad SMARTS) is 1. The average molecular weight is 467 g/mol. The molecule has 2 aromatic rings. The first kappa shape index (κ1) is 22.6. The van der Waals surface area contributed by atoms with Crippen LogP contribution in [-0.4, -0.2) is 57.0 Å². The Bertz CT molecular complexity index is 1120. The zero-order chi connectivity index (χ0) is 23.5. The fourth-order valence-corrected chi connectivity index (χ4v) is 4.97. The molecule has 170 valence electrons. The maximum Gasteiger partial charge on any atom is 0.338 e. The highest BCUT2D eigenvalue weighted by atomic mass is 32.2. The highest BCUT2D eigenvalue weighted by Crippen LogP contribution is 2.40. The van der Waals surface area contributed by atoms with Gasteiger partial charge in [-0.1, -0.05) is 48.0 Å². The summed E-state index contributed by atoms with van der Waals surface area (Å²) in [5.74, 6) is -2.33. The second-order valence-electron chi connectivity index (χ2n) is 7.84. The van der Waals surface area contributed by atoms with Gasteiger partial charge in [0.2, 0.25) is 5.91 Å². The van der Waals surface area contributed by atoms with Crippen molar-refractivity contribution in [2.45, 2.75) is 30.0 Å². The van der Waals surface area contributed by atoms with Gasteiger partial charge in [0.1, 0.15) is 23.3 Å². The molecule has 8 nitrogen and oxygen atoms in total. The maximum absolute atomic E-state index is 12.6. The fourth-order valence-electron chi connectivity index (χ4n) is 3.63. The number of β-lactam (4-membered cyclic amide) rings is 1. The Labute approximate surface area is 194 Å². The van der Waals surface area contributed by atoms with Gasteiger partial charge in [-0.2, -0.15) is 0 Å². The Morgan fingerprint density at radius 1 is 1.09 bits per heavy atom. The van der Waals surface area contributed by atoms with E-state index in [9.17, 15) is 24.3 Å². The zero-order valence-electron chi connectivity index (χ0n) is 17.8. The minimum atomic E-state index is -1.11. The molecule has 0 aliphatic carbocycles. The molecule has 1 fully saturated rings. The predicted molar refractivity (Wildman–Crippen MR) is 121 cm³/mol. The lowest BCUT2D eigenvalue weighted by Crippen LogP contribution is -2.69. The van der Waals surface area contributed by atoms with Crippen molar-refractivity contribution in [2.24, 2.45) is 0 Å². The molecule has 0 saturated carbocycles. The molecule has 2 aliphatic heterocycles. The number of hydrogen-bond donors (Lipinski definition) is 2. The number of rotatable bonds is 7. The molecule has 4 rings (SSSR count). The number of carboxylic acids is 1. The van der Waals surface area contributed by atoms with Crippen LogP contribution in [0, 0.1) is 6.92 Å². The molecule has 0 radical (unpaired) electrons. The summed E-state index contributed by atoms with van der Waals surface area (Å²) in [5.41, 5.74) is 2.47. The average Bonchev–Trinajstić information content (AvgIpc) is 2.81. The molecular weight excluding hydrogens is 444 g/mol. The maximum atomic E-state index is 12.6. The van der Waals surface area contributed by atoms with Gasteiger partial charge in [0, 0.05) is 11.8 Å². The number of fused-ring (bicyclic) bond motifs is 1. The molecule has 0 aromatic heterocycles. The number of hydrogen-bond acceptors (Lipinski definition) is 6. The summed E-state index contributed by atoms with van der Waals surface area (Å²) >= 11 is 1.04. The largest absolute Gasteiger partial charge is 0.480 e. The van der Waals surface area contributed by atoms with Crippen LogP contribution in [0.3, 0.4) is 0 Å².